The Hall–Kier alpha value is -1.79. The molecule has 0 radical (unpaired) electrons. The zero-order chi connectivity index (χ0) is 15.1. The van der Waals surface area contributed by atoms with E-state index in [4.69, 9.17) is 4.74 Å². The molecule has 2 heterocycles. The molecule has 0 aromatic heterocycles. The lowest BCUT2D eigenvalue weighted by Crippen LogP contribution is -2.65. The van der Waals surface area contributed by atoms with E-state index in [0.29, 0.717) is 19.4 Å². The molecular formula is C13H21N3O4. The third kappa shape index (κ3) is 2.44. The van der Waals surface area contributed by atoms with E-state index in [0.717, 1.165) is 0 Å². The first-order valence-electron chi connectivity index (χ1n) is 6.79. The number of imide groups is 1. The number of amides is 4. The molecule has 7 nitrogen and oxygen atoms in total. The summed E-state index contributed by atoms with van der Waals surface area (Å²) in [4.78, 5) is 37.2. The second-order valence-electron chi connectivity index (χ2n) is 6.33. The first-order chi connectivity index (χ1) is 9.16. The van der Waals surface area contributed by atoms with E-state index in [1.165, 1.54) is 4.90 Å². The van der Waals surface area contributed by atoms with Gasteiger partial charge in [0, 0.05) is 6.54 Å². The van der Waals surface area contributed by atoms with Crippen molar-refractivity contribution in [3.8, 4) is 0 Å². The average molecular weight is 283 g/mol. The van der Waals surface area contributed by atoms with Gasteiger partial charge < -0.3 is 15.0 Å². The highest BCUT2D eigenvalue weighted by Gasteiger charge is 2.54. The van der Waals surface area contributed by atoms with Gasteiger partial charge in [0.2, 0.25) is 0 Å². The molecule has 2 aliphatic rings. The van der Waals surface area contributed by atoms with Crippen LogP contribution in [0, 0.1) is 0 Å². The number of hydrogen-bond donors (Lipinski definition) is 2. The van der Waals surface area contributed by atoms with Crippen LogP contribution in [-0.2, 0) is 9.53 Å². The van der Waals surface area contributed by atoms with Crippen molar-refractivity contribution >= 4 is 18.0 Å². The van der Waals surface area contributed by atoms with Crippen LogP contribution < -0.4 is 10.6 Å². The van der Waals surface area contributed by atoms with Crippen LogP contribution in [0.3, 0.4) is 0 Å². The highest BCUT2D eigenvalue weighted by Crippen LogP contribution is 2.31. The first kappa shape index (κ1) is 14.6. The van der Waals surface area contributed by atoms with Crippen molar-refractivity contribution in [1.82, 2.24) is 15.5 Å². The van der Waals surface area contributed by atoms with E-state index in [-0.39, 0.29) is 5.91 Å². The topological polar surface area (TPSA) is 87.7 Å². The van der Waals surface area contributed by atoms with Crippen molar-refractivity contribution in [2.75, 3.05) is 6.54 Å². The summed E-state index contributed by atoms with van der Waals surface area (Å²) < 4.78 is 5.35. The smallest absolute Gasteiger partial charge is 0.410 e. The van der Waals surface area contributed by atoms with Crippen molar-refractivity contribution < 1.29 is 19.1 Å². The summed E-state index contributed by atoms with van der Waals surface area (Å²) in [6, 6.07) is -0.953. The molecule has 2 unspecified atom stereocenters. The van der Waals surface area contributed by atoms with Crippen LogP contribution in [0.1, 0.15) is 40.5 Å². The van der Waals surface area contributed by atoms with Crippen LogP contribution in [-0.4, -0.2) is 46.7 Å². The highest BCUT2D eigenvalue weighted by molar-refractivity contribution is 6.07. The van der Waals surface area contributed by atoms with Crippen molar-refractivity contribution in [3.05, 3.63) is 0 Å². The van der Waals surface area contributed by atoms with Gasteiger partial charge in [-0.3, -0.25) is 10.1 Å². The van der Waals surface area contributed by atoms with E-state index in [1.54, 1.807) is 27.7 Å². The third-order valence-corrected chi connectivity index (χ3v) is 3.75. The van der Waals surface area contributed by atoms with E-state index in [9.17, 15) is 14.4 Å². The Balaban J connectivity index is 2.19. The molecule has 7 heteroatoms. The Morgan fingerprint density at radius 1 is 1.40 bits per heavy atom. The van der Waals surface area contributed by atoms with E-state index >= 15 is 0 Å². The lowest BCUT2D eigenvalue weighted by molar-refractivity contribution is -0.127. The van der Waals surface area contributed by atoms with Crippen LogP contribution in [0.4, 0.5) is 9.59 Å². The molecule has 0 bridgehead atoms. The van der Waals surface area contributed by atoms with Crippen LogP contribution in [0.5, 0.6) is 0 Å². The quantitative estimate of drug-likeness (QED) is 0.649. The van der Waals surface area contributed by atoms with Crippen LogP contribution in [0.15, 0.2) is 0 Å². The van der Waals surface area contributed by atoms with Gasteiger partial charge in [0.15, 0.2) is 0 Å². The Kier molecular flexibility index (Phi) is 3.39. The number of hydrogen-bond acceptors (Lipinski definition) is 4. The van der Waals surface area contributed by atoms with Crippen LogP contribution in [0.25, 0.3) is 0 Å². The number of carbonyl (C=O) groups excluding carboxylic acids is 3. The number of urea groups is 1. The summed E-state index contributed by atoms with van der Waals surface area (Å²) in [6.45, 7) is 7.65. The maximum atomic E-state index is 12.2. The Morgan fingerprint density at radius 3 is 2.55 bits per heavy atom. The molecule has 0 saturated carbocycles. The van der Waals surface area contributed by atoms with E-state index < -0.39 is 29.3 Å². The van der Waals surface area contributed by atoms with Gasteiger partial charge in [-0.2, -0.15) is 0 Å². The van der Waals surface area contributed by atoms with Gasteiger partial charge in [0.1, 0.15) is 11.1 Å². The van der Waals surface area contributed by atoms with Crippen molar-refractivity contribution in [2.24, 2.45) is 0 Å². The molecule has 4 amide bonds. The van der Waals surface area contributed by atoms with Gasteiger partial charge in [-0.15, -0.1) is 0 Å². The molecule has 2 N–H and O–H groups in total. The fourth-order valence-corrected chi connectivity index (χ4v) is 2.74. The second-order valence-corrected chi connectivity index (χ2v) is 6.33. The molecule has 2 rings (SSSR count). The molecule has 0 aliphatic carbocycles. The van der Waals surface area contributed by atoms with Gasteiger partial charge in [0.25, 0.3) is 5.91 Å². The standard InChI is InChI=1S/C13H21N3O4/c1-8-13(9(17)14-10(18)15-13)6-5-7-16(8)11(19)20-12(2,3)4/h8H,5-7H2,1-4H3,(H2,14,15,17,18). The maximum Gasteiger partial charge on any atom is 0.410 e. The Morgan fingerprint density at radius 2 is 2.05 bits per heavy atom. The first-order valence-corrected chi connectivity index (χ1v) is 6.79. The molecule has 2 saturated heterocycles. The molecule has 2 fully saturated rings. The molecular weight excluding hydrogens is 262 g/mol. The third-order valence-electron chi connectivity index (χ3n) is 3.75. The summed E-state index contributed by atoms with van der Waals surface area (Å²) in [5, 5.41) is 4.92. The molecule has 112 valence electrons. The number of rotatable bonds is 0. The molecule has 1 spiro atoms. The summed E-state index contributed by atoms with van der Waals surface area (Å²) in [5.74, 6) is -0.372. The fraction of sp³-hybridized carbons (Fsp3) is 0.769. The molecule has 2 aliphatic heterocycles. The van der Waals surface area contributed by atoms with E-state index in [2.05, 4.69) is 10.6 Å². The van der Waals surface area contributed by atoms with E-state index in [1.807, 2.05) is 0 Å². The number of carbonyl (C=O) groups is 3. The number of piperidine rings is 1. The van der Waals surface area contributed by atoms with Crippen molar-refractivity contribution in [2.45, 2.75) is 57.7 Å². The minimum atomic E-state index is -1.04. The van der Waals surface area contributed by atoms with Gasteiger partial charge in [-0.1, -0.05) is 0 Å². The number of ether oxygens (including phenoxy) is 1. The Bertz CT molecular complexity index is 457. The minimum absolute atomic E-state index is 0.372. The lowest BCUT2D eigenvalue weighted by atomic mass is 9.82. The summed E-state index contributed by atoms with van der Waals surface area (Å²) in [7, 11) is 0. The lowest BCUT2D eigenvalue weighted by Gasteiger charge is -2.44. The highest BCUT2D eigenvalue weighted by atomic mass is 16.6. The summed E-state index contributed by atoms with van der Waals surface area (Å²) in [5.41, 5.74) is -1.63. The molecule has 2 atom stereocenters. The monoisotopic (exact) mass is 283 g/mol. The van der Waals surface area contributed by atoms with Gasteiger partial charge in [-0.25, -0.2) is 9.59 Å². The number of nitrogens with one attached hydrogen (secondary N) is 2. The second kappa shape index (κ2) is 4.64. The van der Waals surface area contributed by atoms with Crippen molar-refractivity contribution in [1.29, 1.82) is 0 Å². The van der Waals surface area contributed by atoms with Crippen LogP contribution in [0.2, 0.25) is 0 Å². The number of nitrogens with zero attached hydrogens (tertiary/aromatic N) is 1. The largest absolute Gasteiger partial charge is 0.444 e. The SMILES string of the molecule is CC1N(C(=O)OC(C)(C)C)CCCC12NC(=O)NC2=O. The molecule has 0 aromatic rings. The maximum absolute atomic E-state index is 12.2. The normalized spacial score (nSPS) is 30.2. The zero-order valence-electron chi connectivity index (χ0n) is 12.3. The Labute approximate surface area is 118 Å². The summed E-state index contributed by atoms with van der Waals surface area (Å²) >= 11 is 0. The minimum Gasteiger partial charge on any atom is -0.444 e. The number of likely N-dealkylation sites (tertiary alicyclic amines) is 1. The van der Waals surface area contributed by atoms with Crippen LogP contribution >= 0.6 is 0 Å². The van der Waals surface area contributed by atoms with Gasteiger partial charge >= 0.3 is 12.1 Å². The predicted octanol–water partition coefficient (Wildman–Crippen LogP) is 0.984. The van der Waals surface area contributed by atoms with Crippen molar-refractivity contribution in [3.63, 3.8) is 0 Å². The zero-order valence-corrected chi connectivity index (χ0v) is 12.3. The molecule has 20 heavy (non-hydrogen) atoms. The van der Waals surface area contributed by atoms with Gasteiger partial charge in [-0.05, 0) is 40.5 Å². The molecule has 0 aromatic carbocycles. The fourth-order valence-electron chi connectivity index (χ4n) is 2.74. The van der Waals surface area contributed by atoms with Gasteiger partial charge in [0.05, 0.1) is 6.04 Å². The summed E-state index contributed by atoms with van der Waals surface area (Å²) in [6.07, 6.45) is 0.695. The predicted molar refractivity (Wildman–Crippen MR) is 71.0 cm³/mol. The average Bonchev–Trinajstić information content (AvgIpc) is 2.56.